The van der Waals surface area contributed by atoms with Crippen molar-refractivity contribution in [2.24, 2.45) is 11.8 Å². The molecular formula is C58H58N2O14. The van der Waals surface area contributed by atoms with Crippen molar-refractivity contribution in [1.29, 1.82) is 0 Å². The second-order valence-electron chi connectivity index (χ2n) is 23.2. The number of piperidine rings is 2. The van der Waals surface area contributed by atoms with Gasteiger partial charge in [-0.1, -0.05) is 24.3 Å². The fraction of sp³-hybridized carbons (Fsp3) is 0.517. The predicted octanol–water partition coefficient (Wildman–Crippen LogP) is 5.25. The number of esters is 4. The Morgan fingerprint density at radius 3 is 1.43 bits per heavy atom. The van der Waals surface area contributed by atoms with Gasteiger partial charge in [-0.25, -0.2) is 0 Å². The molecule has 14 rings (SSSR count). The molecule has 0 unspecified atom stereocenters. The SMILES string of the molecule is CC(=O)Oc1cc(CC(=O)Oc2ccc3c4c2O[C@H]2C(=O)CC[C@@]5(O)[C@@H](C3)N(CC3CC3)CC[C@]425)cc2cc(CC(=O)Oc3ccc4c5c3O[C@H]3C(=O)CC[C@@]6(O)[C@@H](C4)N(CC4CC4)CC[C@]536)cc(OC(C)=O)c12. The minimum atomic E-state index is -1.18. The van der Waals surface area contributed by atoms with E-state index in [9.17, 15) is 39.0 Å². The Kier molecular flexibility index (Phi) is 10.1. The van der Waals surface area contributed by atoms with Gasteiger partial charge in [0.25, 0.3) is 0 Å². The van der Waals surface area contributed by atoms with Crippen LogP contribution in [0.5, 0.6) is 34.5 Å². The fourth-order valence-corrected chi connectivity index (χ4v) is 15.5. The molecule has 4 aromatic carbocycles. The van der Waals surface area contributed by atoms with E-state index in [2.05, 4.69) is 9.80 Å². The molecule has 6 aliphatic carbocycles. The third-order valence-electron chi connectivity index (χ3n) is 18.8. The van der Waals surface area contributed by atoms with Crippen molar-refractivity contribution >= 4 is 46.2 Å². The van der Waals surface area contributed by atoms with Gasteiger partial charge < -0.3 is 38.6 Å². The number of hydrogen-bond acceptors (Lipinski definition) is 16. The number of benzene rings is 4. The van der Waals surface area contributed by atoms with E-state index in [0.717, 1.165) is 48.4 Å². The number of carbonyl (C=O) groups is 6. The maximum absolute atomic E-state index is 14.1. The summed E-state index contributed by atoms with van der Waals surface area (Å²) in [6, 6.07) is 13.3. The van der Waals surface area contributed by atoms with Gasteiger partial charge in [-0.2, -0.15) is 0 Å². The number of rotatable bonds is 12. The number of Topliss-reactive ketones (excluding diaryl/α,β-unsaturated/α-hetero) is 2. The van der Waals surface area contributed by atoms with Gasteiger partial charge >= 0.3 is 23.9 Å². The summed E-state index contributed by atoms with van der Waals surface area (Å²) in [5.41, 5.74) is -0.0415. The summed E-state index contributed by atoms with van der Waals surface area (Å²) in [7, 11) is 0. The van der Waals surface area contributed by atoms with Gasteiger partial charge in [0, 0.05) is 63.0 Å². The molecule has 4 aliphatic heterocycles. The van der Waals surface area contributed by atoms with E-state index in [-0.39, 0.29) is 77.7 Å². The molecule has 6 fully saturated rings. The highest BCUT2D eigenvalue weighted by atomic mass is 16.6. The van der Waals surface area contributed by atoms with Gasteiger partial charge in [-0.15, -0.1) is 0 Å². The largest absolute Gasteiger partial charge is 0.477 e. The number of hydrogen-bond donors (Lipinski definition) is 2. The van der Waals surface area contributed by atoms with Gasteiger partial charge in [0.2, 0.25) is 0 Å². The summed E-state index contributed by atoms with van der Waals surface area (Å²) in [6.07, 6.45) is 5.71. The molecule has 0 amide bonds. The van der Waals surface area contributed by atoms with E-state index >= 15 is 0 Å². The highest BCUT2D eigenvalue weighted by Crippen LogP contribution is 2.67. The van der Waals surface area contributed by atoms with Crippen molar-refractivity contribution in [3.8, 4) is 34.5 Å². The standard InChI is InChI=1S/C58H58N2O14/c1-29(61)69-42-21-33(23-46(65)71-40-9-7-35-25-44-57(67)13-11-38(63)53-55(57,49(35)51(40)73-53)15-17-59(44)27-31-3-4-31)19-37-20-34(22-43(48(37)42)70-30(2)62)24-47(66)72-41-10-8-36-26-45-58(68)14-12-39(64)54-56(58,50(36)52(41)74-54)16-18-60(45)28-32-5-6-32/h7-10,19-22,31-32,44-45,53-54,67-68H,3-6,11-18,23-28H2,1-2H3/t44-,45-,53+,54+,55+,56+,57-,58-/m1/s1. The number of ketones is 2. The second-order valence-corrected chi connectivity index (χ2v) is 23.2. The van der Waals surface area contributed by atoms with Crippen molar-refractivity contribution in [3.05, 3.63) is 81.9 Å². The molecule has 0 radical (unpaired) electrons. The summed E-state index contributed by atoms with van der Waals surface area (Å²) in [4.78, 5) is 85.6. The molecule has 4 bridgehead atoms. The number of ether oxygens (including phenoxy) is 6. The molecule has 16 nitrogen and oxygen atoms in total. The van der Waals surface area contributed by atoms with Gasteiger partial charge in [-0.05, 0) is 141 Å². The van der Waals surface area contributed by atoms with E-state index < -0.39 is 58.1 Å². The zero-order valence-corrected chi connectivity index (χ0v) is 41.5. The van der Waals surface area contributed by atoms with Crippen LogP contribution in [-0.2, 0) is 65.3 Å². The minimum absolute atomic E-state index is 0.00709. The topological polar surface area (TPSA) is 205 Å². The Morgan fingerprint density at radius 2 is 1.03 bits per heavy atom. The van der Waals surface area contributed by atoms with Crippen LogP contribution in [0.2, 0.25) is 0 Å². The van der Waals surface area contributed by atoms with E-state index in [4.69, 9.17) is 28.4 Å². The lowest BCUT2D eigenvalue weighted by atomic mass is 9.49. The fourth-order valence-electron chi connectivity index (χ4n) is 15.5. The van der Waals surface area contributed by atoms with Crippen LogP contribution in [0.25, 0.3) is 10.8 Å². The molecule has 16 heteroatoms. The highest BCUT2D eigenvalue weighted by Gasteiger charge is 2.75. The van der Waals surface area contributed by atoms with Crippen molar-refractivity contribution < 1.29 is 67.4 Å². The van der Waals surface area contributed by atoms with Crippen molar-refractivity contribution in [1.82, 2.24) is 9.80 Å². The van der Waals surface area contributed by atoms with Crippen LogP contribution in [-0.4, -0.2) is 117 Å². The molecule has 0 aromatic heterocycles. The van der Waals surface area contributed by atoms with E-state index in [1.165, 1.54) is 51.7 Å². The monoisotopic (exact) mass is 1010 g/mol. The first-order chi connectivity index (χ1) is 35.6. The summed E-state index contributed by atoms with van der Waals surface area (Å²) in [6.45, 7) is 5.76. The molecule has 384 valence electrons. The third-order valence-corrected chi connectivity index (χ3v) is 18.8. The normalized spacial score (nSPS) is 31.7. The Labute approximate surface area is 426 Å². The molecule has 8 atom stereocenters. The van der Waals surface area contributed by atoms with Crippen LogP contribution in [0.3, 0.4) is 0 Å². The van der Waals surface area contributed by atoms with Crippen LogP contribution in [0.4, 0.5) is 0 Å². The van der Waals surface area contributed by atoms with Crippen molar-refractivity contribution in [2.45, 2.75) is 150 Å². The molecule has 74 heavy (non-hydrogen) atoms. The molecule has 10 aliphatic rings. The number of likely N-dealkylation sites (tertiary alicyclic amines) is 2. The number of fused-ring (bicyclic) bond motifs is 1. The van der Waals surface area contributed by atoms with E-state index in [1.807, 2.05) is 12.1 Å². The average Bonchev–Trinajstić information content (AvgIpc) is 4.28. The summed E-state index contributed by atoms with van der Waals surface area (Å²) < 4.78 is 36.6. The minimum Gasteiger partial charge on any atom is -0.477 e. The lowest BCUT2D eigenvalue weighted by molar-refractivity contribution is -0.188. The number of nitrogens with zero attached hydrogens (tertiary/aromatic N) is 2. The first-order valence-electron chi connectivity index (χ1n) is 26.6. The Hall–Kier alpha value is -6.20. The zero-order valence-electron chi connectivity index (χ0n) is 41.5. The van der Waals surface area contributed by atoms with Crippen LogP contribution in [0.1, 0.15) is 111 Å². The van der Waals surface area contributed by atoms with Crippen LogP contribution in [0, 0.1) is 11.8 Å². The third kappa shape index (κ3) is 6.65. The van der Waals surface area contributed by atoms with Crippen LogP contribution in [0.15, 0.2) is 48.5 Å². The van der Waals surface area contributed by atoms with Gasteiger partial charge in [0.1, 0.15) is 11.5 Å². The summed E-state index contributed by atoms with van der Waals surface area (Å²) in [5.74, 6) is -0.647. The van der Waals surface area contributed by atoms with Crippen molar-refractivity contribution in [3.63, 3.8) is 0 Å². The van der Waals surface area contributed by atoms with Crippen LogP contribution < -0.4 is 28.4 Å². The molecular weight excluding hydrogens is 949 g/mol. The molecule has 2 spiro atoms. The van der Waals surface area contributed by atoms with Gasteiger partial charge in [0.05, 0.1) is 40.3 Å². The molecule has 2 N–H and O–H groups in total. The first kappa shape index (κ1) is 46.3. The molecule has 4 aromatic rings. The lowest BCUT2D eigenvalue weighted by Crippen LogP contribution is -2.76. The lowest BCUT2D eigenvalue weighted by Gasteiger charge is -2.62. The van der Waals surface area contributed by atoms with Gasteiger partial charge in [0.15, 0.2) is 46.8 Å². The smallest absolute Gasteiger partial charge is 0.315 e. The predicted molar refractivity (Wildman–Crippen MR) is 262 cm³/mol. The van der Waals surface area contributed by atoms with Crippen molar-refractivity contribution in [2.75, 3.05) is 26.2 Å². The first-order valence-corrected chi connectivity index (χ1v) is 26.6. The Bertz CT molecular complexity index is 3010. The molecule has 4 heterocycles. The number of aliphatic hydroxyl groups is 2. The second kappa shape index (κ2) is 16.2. The molecule has 4 saturated carbocycles. The highest BCUT2D eigenvalue weighted by molar-refractivity contribution is 5.99. The number of carbonyl (C=O) groups excluding carboxylic acids is 6. The quantitative estimate of drug-likeness (QED) is 0.137. The maximum atomic E-state index is 14.1. The average molecular weight is 1010 g/mol. The maximum Gasteiger partial charge on any atom is 0.315 e. The van der Waals surface area contributed by atoms with E-state index in [1.54, 1.807) is 24.3 Å². The van der Waals surface area contributed by atoms with E-state index in [0.29, 0.717) is 78.4 Å². The zero-order chi connectivity index (χ0) is 50.8. The summed E-state index contributed by atoms with van der Waals surface area (Å²) >= 11 is 0. The van der Waals surface area contributed by atoms with Crippen LogP contribution >= 0.6 is 0 Å². The Morgan fingerprint density at radius 1 is 0.595 bits per heavy atom. The van der Waals surface area contributed by atoms with Gasteiger partial charge in [-0.3, -0.25) is 38.6 Å². The molecule has 2 saturated heterocycles. The summed E-state index contributed by atoms with van der Waals surface area (Å²) in [5, 5.41) is 26.1. The Balaban J connectivity index is 0.755.